The van der Waals surface area contributed by atoms with Gasteiger partial charge in [-0.3, -0.25) is 4.57 Å². The largest absolute Gasteiger partial charge is 0.480 e. The first-order valence-electron chi connectivity index (χ1n) is 5.77. The lowest BCUT2D eigenvalue weighted by Crippen LogP contribution is -2.40. The number of hydrogen-bond donors (Lipinski definition) is 1. The van der Waals surface area contributed by atoms with Crippen LogP contribution >= 0.6 is 0 Å². The summed E-state index contributed by atoms with van der Waals surface area (Å²) in [6, 6.07) is 4.24. The zero-order chi connectivity index (χ0) is 15.1. The van der Waals surface area contributed by atoms with Crippen molar-refractivity contribution in [3.05, 3.63) is 34.3 Å². The molecule has 1 N–H and O–H groups in total. The smallest absolute Gasteiger partial charge is 0.420 e. The second kappa shape index (κ2) is 4.52. The predicted molar refractivity (Wildman–Crippen MR) is 68.8 cm³/mol. The molecule has 2 aromatic rings. The Labute approximate surface area is 113 Å². The highest BCUT2D eigenvalue weighted by atomic mass is 16.5. The Morgan fingerprint density at radius 1 is 1.35 bits per heavy atom. The number of carboxylic acids is 1. The normalized spacial score (nSPS) is 11.6. The highest BCUT2D eigenvalue weighted by Gasteiger charge is 2.33. The molecule has 0 saturated heterocycles. The van der Waals surface area contributed by atoms with E-state index in [0.717, 1.165) is 4.57 Å². The molecular formula is C13H13NO6. The molecule has 106 valence electrons. The molecule has 0 aliphatic rings. The van der Waals surface area contributed by atoms with Crippen LogP contribution in [0.2, 0.25) is 0 Å². The summed E-state index contributed by atoms with van der Waals surface area (Å²) >= 11 is 0. The molecule has 0 unspecified atom stereocenters. The number of oxazole rings is 1. The van der Waals surface area contributed by atoms with Crippen LogP contribution in [0.1, 0.15) is 24.2 Å². The summed E-state index contributed by atoms with van der Waals surface area (Å²) in [5.74, 6) is -2.53. The van der Waals surface area contributed by atoms with Gasteiger partial charge in [-0.25, -0.2) is 14.4 Å². The fourth-order valence-electron chi connectivity index (χ4n) is 1.89. The van der Waals surface area contributed by atoms with E-state index < -0.39 is 23.2 Å². The van der Waals surface area contributed by atoms with Crippen molar-refractivity contribution in [1.82, 2.24) is 4.57 Å². The molecule has 0 bridgehead atoms. The van der Waals surface area contributed by atoms with Crippen molar-refractivity contribution in [2.45, 2.75) is 19.4 Å². The molecule has 0 amide bonds. The van der Waals surface area contributed by atoms with Gasteiger partial charge in [-0.05, 0) is 32.0 Å². The molecule has 7 heteroatoms. The Kier molecular flexibility index (Phi) is 3.13. The summed E-state index contributed by atoms with van der Waals surface area (Å²) in [6.45, 7) is 2.78. The molecule has 20 heavy (non-hydrogen) atoms. The Balaban J connectivity index is 2.71. The highest BCUT2D eigenvalue weighted by Crippen LogP contribution is 2.22. The van der Waals surface area contributed by atoms with Gasteiger partial charge in [0.2, 0.25) is 0 Å². The fraction of sp³-hybridized carbons (Fsp3) is 0.308. The van der Waals surface area contributed by atoms with Crippen molar-refractivity contribution in [2.75, 3.05) is 7.11 Å². The van der Waals surface area contributed by atoms with Crippen LogP contribution in [0.3, 0.4) is 0 Å². The molecule has 1 aromatic carbocycles. The number of benzene rings is 1. The summed E-state index contributed by atoms with van der Waals surface area (Å²) in [7, 11) is 1.24. The number of rotatable bonds is 3. The van der Waals surface area contributed by atoms with Gasteiger partial charge in [0.25, 0.3) is 0 Å². The third kappa shape index (κ3) is 1.97. The van der Waals surface area contributed by atoms with Crippen molar-refractivity contribution >= 4 is 23.0 Å². The zero-order valence-corrected chi connectivity index (χ0v) is 11.2. The van der Waals surface area contributed by atoms with E-state index in [2.05, 4.69) is 4.74 Å². The molecule has 0 spiro atoms. The second-order valence-electron chi connectivity index (χ2n) is 4.74. The molecule has 0 aliphatic heterocycles. The van der Waals surface area contributed by atoms with Gasteiger partial charge >= 0.3 is 17.7 Å². The quantitative estimate of drug-likeness (QED) is 0.847. The van der Waals surface area contributed by atoms with Crippen LogP contribution in [-0.4, -0.2) is 28.7 Å². The summed E-state index contributed by atoms with van der Waals surface area (Å²) in [6.07, 6.45) is 0. The minimum absolute atomic E-state index is 0.132. The van der Waals surface area contributed by atoms with Crippen LogP contribution in [0.15, 0.2) is 27.4 Å². The topological polar surface area (TPSA) is 98.7 Å². The number of carbonyl (C=O) groups is 2. The number of ether oxygens (including phenoxy) is 1. The van der Waals surface area contributed by atoms with Crippen LogP contribution in [-0.2, 0) is 15.1 Å². The fourth-order valence-corrected chi connectivity index (χ4v) is 1.89. The summed E-state index contributed by atoms with van der Waals surface area (Å²) in [5, 5.41) is 9.20. The number of aliphatic carboxylic acids is 1. The molecular weight excluding hydrogens is 266 g/mol. The van der Waals surface area contributed by atoms with E-state index in [9.17, 15) is 19.5 Å². The van der Waals surface area contributed by atoms with E-state index in [4.69, 9.17) is 4.42 Å². The predicted octanol–water partition coefficient (Wildman–Crippen LogP) is 1.20. The van der Waals surface area contributed by atoms with E-state index in [0.29, 0.717) is 5.52 Å². The van der Waals surface area contributed by atoms with Crippen molar-refractivity contribution < 1.29 is 23.8 Å². The number of methoxy groups -OCH3 is 1. The van der Waals surface area contributed by atoms with Gasteiger partial charge in [0.15, 0.2) is 5.58 Å². The average molecular weight is 279 g/mol. The van der Waals surface area contributed by atoms with Gasteiger partial charge < -0.3 is 14.3 Å². The van der Waals surface area contributed by atoms with Crippen molar-refractivity contribution in [3.8, 4) is 0 Å². The maximum absolute atomic E-state index is 11.9. The first kappa shape index (κ1) is 13.9. The Hall–Kier alpha value is -2.57. The van der Waals surface area contributed by atoms with E-state index in [-0.39, 0.29) is 11.1 Å². The maximum atomic E-state index is 11.9. The molecule has 0 aliphatic carbocycles. The molecule has 0 radical (unpaired) electrons. The molecule has 0 fully saturated rings. The number of fused-ring (bicyclic) bond motifs is 1. The Morgan fingerprint density at radius 2 is 2.00 bits per heavy atom. The third-order valence-electron chi connectivity index (χ3n) is 3.08. The number of hydrogen-bond acceptors (Lipinski definition) is 5. The monoisotopic (exact) mass is 279 g/mol. The van der Waals surface area contributed by atoms with E-state index in [1.54, 1.807) is 0 Å². The molecule has 1 aromatic heterocycles. The van der Waals surface area contributed by atoms with Crippen molar-refractivity contribution in [1.29, 1.82) is 0 Å². The number of nitrogens with zero attached hydrogens (tertiary/aromatic N) is 1. The lowest BCUT2D eigenvalue weighted by molar-refractivity contribution is -0.145. The second-order valence-corrected chi connectivity index (χ2v) is 4.74. The lowest BCUT2D eigenvalue weighted by Gasteiger charge is -2.20. The van der Waals surface area contributed by atoms with Crippen LogP contribution in [0, 0.1) is 0 Å². The van der Waals surface area contributed by atoms with Crippen molar-refractivity contribution in [3.63, 3.8) is 0 Å². The molecule has 1 heterocycles. The number of esters is 1. The zero-order valence-electron chi connectivity index (χ0n) is 11.2. The lowest BCUT2D eigenvalue weighted by atomic mass is 10.1. The van der Waals surface area contributed by atoms with E-state index in [1.807, 2.05) is 0 Å². The van der Waals surface area contributed by atoms with Gasteiger partial charge in [-0.1, -0.05) is 0 Å². The Bertz CT molecular complexity index is 752. The van der Waals surface area contributed by atoms with Crippen LogP contribution in [0.25, 0.3) is 11.1 Å². The summed E-state index contributed by atoms with van der Waals surface area (Å²) < 4.78 is 10.6. The minimum atomic E-state index is -1.46. The maximum Gasteiger partial charge on any atom is 0.420 e. The molecule has 0 atom stereocenters. The van der Waals surface area contributed by atoms with Crippen molar-refractivity contribution in [2.24, 2.45) is 0 Å². The van der Waals surface area contributed by atoms with Crippen LogP contribution in [0.4, 0.5) is 0 Å². The summed E-state index contributed by atoms with van der Waals surface area (Å²) in [4.78, 5) is 34.5. The minimum Gasteiger partial charge on any atom is -0.480 e. The Morgan fingerprint density at radius 3 is 2.55 bits per heavy atom. The molecule has 2 rings (SSSR count). The molecule has 0 saturated carbocycles. The average Bonchev–Trinajstić information content (AvgIpc) is 2.72. The van der Waals surface area contributed by atoms with Crippen LogP contribution in [0.5, 0.6) is 0 Å². The number of carbonyl (C=O) groups excluding carboxylic acids is 1. The first-order chi connectivity index (χ1) is 9.28. The van der Waals surface area contributed by atoms with Gasteiger partial charge in [-0.2, -0.15) is 0 Å². The number of carboxylic acid groups (broad SMARTS) is 1. The van der Waals surface area contributed by atoms with Gasteiger partial charge in [-0.15, -0.1) is 0 Å². The third-order valence-corrected chi connectivity index (χ3v) is 3.08. The van der Waals surface area contributed by atoms with Crippen LogP contribution < -0.4 is 5.76 Å². The highest BCUT2D eigenvalue weighted by molar-refractivity contribution is 5.93. The van der Waals surface area contributed by atoms with Gasteiger partial charge in [0.1, 0.15) is 5.54 Å². The van der Waals surface area contributed by atoms with Gasteiger partial charge in [0.05, 0.1) is 18.2 Å². The SMILES string of the molecule is COC(=O)c1ccc2c(c1)oc(=O)n2C(C)(C)C(=O)O. The van der Waals surface area contributed by atoms with E-state index in [1.165, 1.54) is 39.2 Å². The van der Waals surface area contributed by atoms with E-state index >= 15 is 0 Å². The standard InChI is InChI=1S/C13H13NO6/c1-13(2,11(16)17)14-8-5-4-7(10(15)19-3)6-9(8)20-12(14)18/h4-6H,1-3H3,(H,16,17). The molecule has 7 nitrogen and oxygen atoms in total. The summed E-state index contributed by atoms with van der Waals surface area (Å²) in [5.41, 5.74) is -0.814. The van der Waals surface area contributed by atoms with Gasteiger partial charge in [0, 0.05) is 0 Å². The number of aromatic nitrogens is 1. The first-order valence-corrected chi connectivity index (χ1v) is 5.77.